The van der Waals surface area contributed by atoms with E-state index in [0.717, 1.165) is 0 Å². The van der Waals surface area contributed by atoms with Crippen molar-refractivity contribution in [2.75, 3.05) is 19.8 Å². The van der Waals surface area contributed by atoms with E-state index >= 15 is 0 Å². The Balaban J connectivity index is 2.82. The number of ether oxygens (including phenoxy) is 1. The fourth-order valence-electron chi connectivity index (χ4n) is 1.99. The average molecular weight is 279 g/mol. The molecule has 1 aromatic rings. The molecule has 5 heteroatoms. The lowest BCUT2D eigenvalue weighted by atomic mass is 9.96. The molecule has 0 aliphatic heterocycles. The fourth-order valence-corrected chi connectivity index (χ4v) is 1.99. The molecule has 0 bridgehead atoms. The standard InChI is InChI=1S/C15H21NO4/c1-4-20-9-5-8-16-14(17)12-10(2)6-7-11(3)13(12)15(18)19/h6-7H,4-5,8-9H2,1-3H3,(H,16,17)(H,18,19). The molecule has 1 aromatic carbocycles. The van der Waals surface area contributed by atoms with Crippen molar-refractivity contribution in [3.63, 3.8) is 0 Å². The number of benzene rings is 1. The highest BCUT2D eigenvalue weighted by Crippen LogP contribution is 2.18. The van der Waals surface area contributed by atoms with Gasteiger partial charge in [-0.05, 0) is 38.3 Å². The highest BCUT2D eigenvalue weighted by molar-refractivity contribution is 6.06. The maximum atomic E-state index is 12.2. The van der Waals surface area contributed by atoms with E-state index in [9.17, 15) is 14.7 Å². The van der Waals surface area contributed by atoms with Crippen LogP contribution >= 0.6 is 0 Å². The fraction of sp³-hybridized carbons (Fsp3) is 0.467. The van der Waals surface area contributed by atoms with Crippen LogP contribution in [-0.2, 0) is 4.74 Å². The predicted molar refractivity (Wildman–Crippen MR) is 76.3 cm³/mol. The van der Waals surface area contributed by atoms with Crippen LogP contribution in [0.3, 0.4) is 0 Å². The van der Waals surface area contributed by atoms with Crippen LogP contribution in [0.4, 0.5) is 0 Å². The Hall–Kier alpha value is -1.88. The zero-order chi connectivity index (χ0) is 15.1. The lowest BCUT2D eigenvalue weighted by molar-refractivity contribution is 0.0689. The number of hydrogen-bond donors (Lipinski definition) is 2. The number of aryl methyl sites for hydroxylation is 2. The van der Waals surface area contributed by atoms with Crippen molar-refractivity contribution >= 4 is 11.9 Å². The maximum absolute atomic E-state index is 12.2. The van der Waals surface area contributed by atoms with E-state index in [4.69, 9.17) is 4.74 Å². The summed E-state index contributed by atoms with van der Waals surface area (Å²) in [6, 6.07) is 3.47. The molecule has 0 unspecified atom stereocenters. The van der Waals surface area contributed by atoms with Crippen LogP contribution in [0, 0.1) is 13.8 Å². The molecular weight excluding hydrogens is 258 g/mol. The Morgan fingerprint density at radius 3 is 2.35 bits per heavy atom. The molecule has 0 radical (unpaired) electrons. The van der Waals surface area contributed by atoms with Crippen molar-refractivity contribution in [3.8, 4) is 0 Å². The van der Waals surface area contributed by atoms with Gasteiger partial charge in [-0.2, -0.15) is 0 Å². The molecule has 0 aromatic heterocycles. The van der Waals surface area contributed by atoms with Gasteiger partial charge in [0.15, 0.2) is 0 Å². The Morgan fingerprint density at radius 1 is 1.20 bits per heavy atom. The van der Waals surface area contributed by atoms with E-state index in [1.165, 1.54) is 0 Å². The highest BCUT2D eigenvalue weighted by Gasteiger charge is 2.20. The van der Waals surface area contributed by atoms with E-state index in [-0.39, 0.29) is 17.0 Å². The van der Waals surface area contributed by atoms with Gasteiger partial charge in [-0.15, -0.1) is 0 Å². The summed E-state index contributed by atoms with van der Waals surface area (Å²) in [5.41, 5.74) is 1.57. The SMILES string of the molecule is CCOCCCNC(=O)c1c(C)ccc(C)c1C(=O)O. The molecule has 2 N–H and O–H groups in total. The van der Waals surface area contributed by atoms with E-state index < -0.39 is 5.97 Å². The summed E-state index contributed by atoms with van der Waals surface area (Å²) in [5.74, 6) is -1.43. The second-order valence-electron chi connectivity index (χ2n) is 4.56. The van der Waals surface area contributed by atoms with Crippen LogP contribution in [0.5, 0.6) is 0 Å². The maximum Gasteiger partial charge on any atom is 0.336 e. The van der Waals surface area contributed by atoms with Crippen molar-refractivity contribution in [1.82, 2.24) is 5.32 Å². The summed E-state index contributed by atoms with van der Waals surface area (Å²) < 4.78 is 5.18. The van der Waals surface area contributed by atoms with Crippen molar-refractivity contribution in [1.29, 1.82) is 0 Å². The van der Waals surface area contributed by atoms with E-state index in [1.807, 2.05) is 6.92 Å². The third-order valence-corrected chi connectivity index (χ3v) is 3.02. The normalized spacial score (nSPS) is 10.3. The molecule has 0 atom stereocenters. The number of carbonyl (C=O) groups excluding carboxylic acids is 1. The molecule has 0 fully saturated rings. The first-order valence-corrected chi connectivity index (χ1v) is 6.68. The third-order valence-electron chi connectivity index (χ3n) is 3.02. The summed E-state index contributed by atoms with van der Waals surface area (Å²) in [5, 5.41) is 12.0. The van der Waals surface area contributed by atoms with Gasteiger partial charge in [0, 0.05) is 19.8 Å². The van der Waals surface area contributed by atoms with Crippen LogP contribution in [0.1, 0.15) is 45.2 Å². The Labute approximate surface area is 118 Å². The number of hydrogen-bond acceptors (Lipinski definition) is 3. The molecule has 0 aliphatic carbocycles. The van der Waals surface area contributed by atoms with Gasteiger partial charge < -0.3 is 15.2 Å². The molecule has 0 spiro atoms. The van der Waals surface area contributed by atoms with Crippen molar-refractivity contribution in [2.45, 2.75) is 27.2 Å². The summed E-state index contributed by atoms with van der Waals surface area (Å²) in [6.07, 6.45) is 0.701. The Morgan fingerprint density at radius 2 is 1.80 bits per heavy atom. The molecule has 0 aliphatic rings. The highest BCUT2D eigenvalue weighted by atomic mass is 16.5. The van der Waals surface area contributed by atoms with Gasteiger partial charge in [-0.3, -0.25) is 4.79 Å². The minimum atomic E-state index is -1.08. The molecule has 0 heterocycles. The van der Waals surface area contributed by atoms with E-state index in [2.05, 4.69) is 5.32 Å². The number of amides is 1. The molecule has 5 nitrogen and oxygen atoms in total. The average Bonchev–Trinajstić information content (AvgIpc) is 2.40. The first-order valence-electron chi connectivity index (χ1n) is 6.68. The molecule has 110 valence electrons. The minimum absolute atomic E-state index is 0.0762. The van der Waals surface area contributed by atoms with E-state index in [1.54, 1.807) is 26.0 Å². The number of rotatable bonds is 7. The van der Waals surface area contributed by atoms with Crippen LogP contribution in [0.15, 0.2) is 12.1 Å². The first-order chi connectivity index (χ1) is 9.49. The van der Waals surface area contributed by atoms with Gasteiger partial charge in [-0.1, -0.05) is 12.1 Å². The lowest BCUT2D eigenvalue weighted by Gasteiger charge is -2.12. The van der Waals surface area contributed by atoms with Gasteiger partial charge in [0.05, 0.1) is 11.1 Å². The number of carboxylic acids is 1. The number of nitrogens with one attached hydrogen (secondary N) is 1. The van der Waals surface area contributed by atoms with Crippen LogP contribution < -0.4 is 5.32 Å². The van der Waals surface area contributed by atoms with Crippen LogP contribution in [-0.4, -0.2) is 36.7 Å². The monoisotopic (exact) mass is 279 g/mol. The van der Waals surface area contributed by atoms with Gasteiger partial charge in [0.1, 0.15) is 0 Å². The Kier molecular flexibility index (Phi) is 6.18. The van der Waals surface area contributed by atoms with Gasteiger partial charge in [-0.25, -0.2) is 4.79 Å². The van der Waals surface area contributed by atoms with Crippen LogP contribution in [0.25, 0.3) is 0 Å². The number of carbonyl (C=O) groups is 2. The topological polar surface area (TPSA) is 75.6 Å². The molecule has 0 saturated heterocycles. The Bertz CT molecular complexity index is 497. The number of aromatic carboxylic acids is 1. The van der Waals surface area contributed by atoms with Crippen molar-refractivity contribution in [3.05, 3.63) is 34.4 Å². The van der Waals surface area contributed by atoms with Gasteiger partial charge in [0.25, 0.3) is 5.91 Å². The second kappa shape index (κ2) is 7.65. The summed E-state index contributed by atoms with van der Waals surface area (Å²) in [4.78, 5) is 23.5. The second-order valence-corrected chi connectivity index (χ2v) is 4.56. The largest absolute Gasteiger partial charge is 0.478 e. The predicted octanol–water partition coefficient (Wildman–Crippen LogP) is 2.16. The van der Waals surface area contributed by atoms with Gasteiger partial charge >= 0.3 is 5.97 Å². The molecular formula is C15H21NO4. The quantitative estimate of drug-likeness (QED) is 0.750. The number of carboxylic acid groups (broad SMARTS) is 1. The molecule has 1 amide bonds. The smallest absolute Gasteiger partial charge is 0.336 e. The van der Waals surface area contributed by atoms with Crippen LogP contribution in [0.2, 0.25) is 0 Å². The zero-order valence-corrected chi connectivity index (χ0v) is 12.2. The lowest BCUT2D eigenvalue weighted by Crippen LogP contribution is -2.28. The third kappa shape index (κ3) is 4.06. The zero-order valence-electron chi connectivity index (χ0n) is 12.2. The molecule has 1 rings (SSSR count). The summed E-state index contributed by atoms with van der Waals surface area (Å²) in [7, 11) is 0. The van der Waals surface area contributed by atoms with E-state index in [0.29, 0.717) is 37.3 Å². The summed E-state index contributed by atoms with van der Waals surface area (Å²) >= 11 is 0. The molecule has 0 saturated carbocycles. The van der Waals surface area contributed by atoms with Crippen molar-refractivity contribution < 1.29 is 19.4 Å². The minimum Gasteiger partial charge on any atom is -0.478 e. The molecule has 20 heavy (non-hydrogen) atoms. The first kappa shape index (κ1) is 16.2. The van der Waals surface area contributed by atoms with Gasteiger partial charge in [0.2, 0.25) is 0 Å². The summed E-state index contributed by atoms with van der Waals surface area (Å²) in [6.45, 7) is 7.03. The van der Waals surface area contributed by atoms with Crippen molar-refractivity contribution in [2.24, 2.45) is 0 Å².